The normalized spacial score (nSPS) is 15.0. The fourth-order valence-electron chi connectivity index (χ4n) is 2.71. The van der Waals surface area contributed by atoms with Gasteiger partial charge in [0.1, 0.15) is 5.75 Å². The molecule has 0 bridgehead atoms. The van der Waals surface area contributed by atoms with Gasteiger partial charge in [-0.05, 0) is 11.6 Å². The Morgan fingerprint density at radius 1 is 1.00 bits per heavy atom. The second-order valence-corrected chi connectivity index (χ2v) is 5.80. The Labute approximate surface area is 148 Å². The molecule has 26 heavy (non-hydrogen) atoms. The van der Waals surface area contributed by atoms with Crippen LogP contribution >= 0.6 is 0 Å². The van der Waals surface area contributed by atoms with E-state index in [9.17, 15) is 9.59 Å². The lowest BCUT2D eigenvalue weighted by atomic mass is 10.1. The number of rotatable bonds is 3. The second kappa shape index (κ2) is 6.72. The quantitative estimate of drug-likeness (QED) is 0.707. The van der Waals surface area contributed by atoms with Crippen molar-refractivity contribution < 1.29 is 18.8 Å². The molecular formula is C19H15N3O4. The van der Waals surface area contributed by atoms with Crippen molar-refractivity contribution in [3.8, 4) is 17.1 Å². The van der Waals surface area contributed by atoms with E-state index in [0.29, 0.717) is 17.9 Å². The number of hydrazine groups is 1. The molecule has 7 nitrogen and oxygen atoms in total. The number of carbonyl (C=O) groups excluding carboxylic acids is 2. The smallest absolute Gasteiger partial charge is 0.291 e. The zero-order chi connectivity index (χ0) is 17.9. The van der Waals surface area contributed by atoms with Crippen molar-refractivity contribution in [2.24, 2.45) is 0 Å². The van der Waals surface area contributed by atoms with Crippen LogP contribution in [0.1, 0.15) is 16.1 Å². The maximum absolute atomic E-state index is 12.2. The number of nitrogens with zero attached hydrogens (tertiary/aromatic N) is 1. The van der Waals surface area contributed by atoms with Crippen LogP contribution in [0.2, 0.25) is 0 Å². The largest absolute Gasteiger partial charge is 0.480 e. The summed E-state index contributed by atoms with van der Waals surface area (Å²) in [5, 5.41) is 3.73. The summed E-state index contributed by atoms with van der Waals surface area (Å²) >= 11 is 0. The van der Waals surface area contributed by atoms with Crippen molar-refractivity contribution in [3.05, 3.63) is 71.9 Å². The number of fused-ring (bicyclic) bond motifs is 1. The highest BCUT2D eigenvalue weighted by molar-refractivity contribution is 5.95. The zero-order valence-corrected chi connectivity index (χ0v) is 13.6. The molecule has 0 aliphatic carbocycles. The molecule has 2 N–H and O–H groups in total. The Bertz CT molecular complexity index is 927. The van der Waals surface area contributed by atoms with Crippen LogP contribution < -0.4 is 15.6 Å². The SMILES string of the molecule is O=C(NNC(=O)C1Cc2ccccc2O1)c1cc(-c2ccccc2)on1. The minimum absolute atomic E-state index is 0.0692. The molecule has 4 rings (SSSR count). The van der Waals surface area contributed by atoms with Gasteiger partial charge in [0.15, 0.2) is 17.6 Å². The molecule has 1 aliphatic rings. The molecule has 2 heterocycles. The van der Waals surface area contributed by atoms with Gasteiger partial charge in [0.2, 0.25) is 0 Å². The summed E-state index contributed by atoms with van der Waals surface area (Å²) in [5.41, 5.74) is 6.52. The van der Waals surface area contributed by atoms with E-state index < -0.39 is 17.9 Å². The first-order valence-corrected chi connectivity index (χ1v) is 8.07. The summed E-state index contributed by atoms with van der Waals surface area (Å²) in [5.74, 6) is 0.153. The number of para-hydroxylation sites is 1. The molecule has 0 saturated heterocycles. The first-order chi connectivity index (χ1) is 12.7. The van der Waals surface area contributed by atoms with Crippen molar-refractivity contribution in [3.63, 3.8) is 0 Å². The van der Waals surface area contributed by atoms with Crippen LogP contribution in [0.15, 0.2) is 65.2 Å². The van der Waals surface area contributed by atoms with Gasteiger partial charge in [-0.25, -0.2) is 0 Å². The molecule has 1 unspecified atom stereocenters. The van der Waals surface area contributed by atoms with E-state index in [2.05, 4.69) is 16.0 Å². The number of aromatic nitrogens is 1. The molecule has 3 aromatic rings. The number of hydrogen-bond acceptors (Lipinski definition) is 5. The minimum atomic E-state index is -0.676. The van der Waals surface area contributed by atoms with Crippen LogP contribution in [0.4, 0.5) is 0 Å². The number of carbonyl (C=O) groups is 2. The Morgan fingerprint density at radius 2 is 1.77 bits per heavy atom. The average molecular weight is 349 g/mol. The van der Waals surface area contributed by atoms with Crippen molar-refractivity contribution in [2.75, 3.05) is 0 Å². The first-order valence-electron chi connectivity index (χ1n) is 8.07. The minimum Gasteiger partial charge on any atom is -0.480 e. The highest BCUT2D eigenvalue weighted by Gasteiger charge is 2.29. The Hall–Kier alpha value is -3.61. The molecule has 2 aromatic carbocycles. The monoisotopic (exact) mass is 349 g/mol. The van der Waals surface area contributed by atoms with Crippen LogP contribution in [0.5, 0.6) is 5.75 Å². The second-order valence-electron chi connectivity index (χ2n) is 5.80. The lowest BCUT2D eigenvalue weighted by Crippen LogP contribution is -2.47. The van der Waals surface area contributed by atoms with Gasteiger partial charge in [-0.15, -0.1) is 0 Å². The van der Waals surface area contributed by atoms with E-state index in [1.54, 1.807) is 0 Å². The number of hydrogen-bond donors (Lipinski definition) is 2. The molecule has 1 aliphatic heterocycles. The summed E-state index contributed by atoms with van der Waals surface area (Å²) in [4.78, 5) is 24.3. The van der Waals surface area contributed by atoms with E-state index >= 15 is 0 Å². The summed E-state index contributed by atoms with van der Waals surface area (Å²) in [6.45, 7) is 0. The lowest BCUT2D eigenvalue weighted by molar-refractivity contribution is -0.128. The Balaban J connectivity index is 1.35. The molecule has 0 fully saturated rings. The summed E-state index contributed by atoms with van der Waals surface area (Å²) in [6.07, 6.45) is -0.218. The van der Waals surface area contributed by atoms with Crippen LogP contribution in [-0.4, -0.2) is 23.1 Å². The van der Waals surface area contributed by atoms with Gasteiger partial charge >= 0.3 is 0 Å². The predicted octanol–water partition coefficient (Wildman–Crippen LogP) is 2.11. The maximum atomic E-state index is 12.2. The molecule has 0 spiro atoms. The van der Waals surface area contributed by atoms with Gasteiger partial charge in [-0.1, -0.05) is 53.7 Å². The van der Waals surface area contributed by atoms with Crippen LogP contribution in [0.25, 0.3) is 11.3 Å². The van der Waals surface area contributed by atoms with Gasteiger partial charge < -0.3 is 9.26 Å². The molecule has 0 saturated carbocycles. The third kappa shape index (κ3) is 3.14. The molecule has 1 aromatic heterocycles. The predicted molar refractivity (Wildman–Crippen MR) is 92.1 cm³/mol. The molecule has 130 valence electrons. The van der Waals surface area contributed by atoms with Crippen molar-refractivity contribution >= 4 is 11.8 Å². The Morgan fingerprint density at radius 3 is 2.58 bits per heavy atom. The molecule has 2 amide bonds. The van der Waals surface area contributed by atoms with Crippen LogP contribution in [-0.2, 0) is 11.2 Å². The third-order valence-electron chi connectivity index (χ3n) is 4.04. The van der Waals surface area contributed by atoms with E-state index in [0.717, 1.165) is 11.1 Å². The van der Waals surface area contributed by atoms with Gasteiger partial charge in [0, 0.05) is 18.1 Å². The number of amides is 2. The standard InChI is InChI=1S/C19H15N3O4/c23-18(14-11-16(26-22-14)12-6-2-1-3-7-12)20-21-19(24)17-10-13-8-4-5-9-15(13)25-17/h1-9,11,17H,10H2,(H,20,23)(H,21,24). The summed E-state index contributed by atoms with van der Waals surface area (Å²) in [7, 11) is 0. The summed E-state index contributed by atoms with van der Waals surface area (Å²) in [6, 6.07) is 18.2. The Kier molecular flexibility index (Phi) is 4.10. The third-order valence-corrected chi connectivity index (χ3v) is 4.04. The summed E-state index contributed by atoms with van der Waals surface area (Å²) < 4.78 is 10.7. The number of benzene rings is 2. The topological polar surface area (TPSA) is 93.5 Å². The highest BCUT2D eigenvalue weighted by Crippen LogP contribution is 2.28. The van der Waals surface area contributed by atoms with Gasteiger partial charge in [0.05, 0.1) is 0 Å². The van der Waals surface area contributed by atoms with Gasteiger partial charge in [-0.2, -0.15) is 0 Å². The molecule has 1 atom stereocenters. The molecule has 7 heteroatoms. The molecule has 0 radical (unpaired) electrons. The van der Waals surface area contributed by atoms with E-state index in [4.69, 9.17) is 9.26 Å². The number of ether oxygens (including phenoxy) is 1. The lowest BCUT2D eigenvalue weighted by Gasteiger charge is -2.11. The van der Waals surface area contributed by atoms with E-state index in [1.165, 1.54) is 6.07 Å². The zero-order valence-electron chi connectivity index (χ0n) is 13.6. The van der Waals surface area contributed by atoms with Crippen molar-refractivity contribution in [1.29, 1.82) is 0 Å². The number of nitrogens with one attached hydrogen (secondary N) is 2. The fourth-order valence-corrected chi connectivity index (χ4v) is 2.71. The van der Waals surface area contributed by atoms with Crippen LogP contribution in [0.3, 0.4) is 0 Å². The molecular weight excluding hydrogens is 334 g/mol. The van der Waals surface area contributed by atoms with Crippen LogP contribution in [0, 0.1) is 0 Å². The van der Waals surface area contributed by atoms with Crippen molar-refractivity contribution in [2.45, 2.75) is 12.5 Å². The van der Waals surface area contributed by atoms with Gasteiger partial charge in [0.25, 0.3) is 11.8 Å². The van der Waals surface area contributed by atoms with Gasteiger partial charge in [-0.3, -0.25) is 20.4 Å². The average Bonchev–Trinajstić information content (AvgIpc) is 3.33. The van der Waals surface area contributed by atoms with Crippen molar-refractivity contribution in [1.82, 2.24) is 16.0 Å². The van der Waals surface area contributed by atoms with E-state index in [-0.39, 0.29) is 5.69 Å². The fraction of sp³-hybridized carbons (Fsp3) is 0.105. The first kappa shape index (κ1) is 15.9. The maximum Gasteiger partial charge on any atom is 0.291 e. The highest BCUT2D eigenvalue weighted by atomic mass is 16.5. The van der Waals surface area contributed by atoms with E-state index in [1.807, 2.05) is 54.6 Å².